The summed E-state index contributed by atoms with van der Waals surface area (Å²) >= 11 is 0. The van der Waals surface area contributed by atoms with Gasteiger partial charge in [-0.15, -0.1) is 0 Å². The van der Waals surface area contributed by atoms with Crippen LogP contribution in [-0.4, -0.2) is 36.4 Å². The van der Waals surface area contributed by atoms with Crippen LogP contribution in [0.5, 0.6) is 0 Å². The number of allylic oxidation sites excluding steroid dienone is 2. The van der Waals surface area contributed by atoms with Crippen LogP contribution >= 0.6 is 0 Å². The molecule has 0 aromatic carbocycles. The van der Waals surface area contributed by atoms with E-state index in [1.54, 1.807) is 0 Å². The number of carbonyl (C=O) groups excluding carboxylic acids is 2. The molecule has 0 aliphatic heterocycles. The molecule has 0 aromatic rings. The maximum atomic E-state index is 12.1. The van der Waals surface area contributed by atoms with Crippen molar-refractivity contribution in [2.45, 2.75) is 200 Å². The normalized spacial score (nSPS) is 12.2. The minimum absolute atomic E-state index is 0.0647. The summed E-state index contributed by atoms with van der Waals surface area (Å²) in [6.45, 7) is 4.13. The Morgan fingerprint density at radius 2 is 0.881 bits per heavy atom. The number of ether oxygens (including phenoxy) is 2. The van der Waals surface area contributed by atoms with E-state index in [9.17, 15) is 14.7 Å². The van der Waals surface area contributed by atoms with Crippen molar-refractivity contribution in [1.29, 1.82) is 0 Å². The SMILES string of the molecule is CCCCCCCCC=CCCCCCCCC(=O)OCC(CO)OC(=O)CCCCCCCCCCCCCCC. The van der Waals surface area contributed by atoms with Gasteiger partial charge in [-0.2, -0.15) is 0 Å². The fourth-order valence-electron chi connectivity index (χ4n) is 5.25. The molecule has 0 aliphatic carbocycles. The summed E-state index contributed by atoms with van der Waals surface area (Å²) < 4.78 is 10.6. The number of rotatable bonds is 33. The molecule has 0 saturated carbocycles. The highest BCUT2D eigenvalue weighted by Crippen LogP contribution is 2.14. The van der Waals surface area contributed by atoms with Crippen LogP contribution in [-0.2, 0) is 19.1 Å². The Morgan fingerprint density at radius 3 is 1.29 bits per heavy atom. The summed E-state index contributed by atoms with van der Waals surface area (Å²) in [6, 6.07) is 0. The lowest BCUT2D eigenvalue weighted by Gasteiger charge is -2.15. The predicted molar refractivity (Wildman–Crippen MR) is 178 cm³/mol. The summed E-state index contributed by atoms with van der Waals surface area (Å²) in [5.41, 5.74) is 0. The third-order valence-corrected chi connectivity index (χ3v) is 8.06. The van der Waals surface area contributed by atoms with Gasteiger partial charge in [-0.3, -0.25) is 9.59 Å². The van der Waals surface area contributed by atoms with Crippen LogP contribution in [0.25, 0.3) is 0 Å². The maximum Gasteiger partial charge on any atom is 0.306 e. The van der Waals surface area contributed by atoms with Crippen LogP contribution in [0.4, 0.5) is 0 Å². The van der Waals surface area contributed by atoms with Gasteiger partial charge < -0.3 is 14.6 Å². The van der Waals surface area contributed by atoms with Crippen molar-refractivity contribution < 1.29 is 24.2 Å². The molecule has 1 atom stereocenters. The summed E-state index contributed by atoms with van der Waals surface area (Å²) in [7, 11) is 0. The molecule has 0 bridgehead atoms. The van der Waals surface area contributed by atoms with Gasteiger partial charge in [0, 0.05) is 12.8 Å². The predicted octanol–water partition coefficient (Wildman–Crippen LogP) is 11.0. The Labute approximate surface area is 261 Å². The minimum atomic E-state index is -0.766. The first kappa shape index (κ1) is 40.6. The van der Waals surface area contributed by atoms with E-state index in [1.165, 1.54) is 122 Å². The lowest BCUT2D eigenvalue weighted by atomic mass is 10.0. The van der Waals surface area contributed by atoms with E-state index >= 15 is 0 Å². The number of esters is 2. The quantitative estimate of drug-likeness (QED) is 0.0465. The molecule has 0 amide bonds. The summed E-state index contributed by atoms with van der Waals surface area (Å²) in [4.78, 5) is 24.1. The molecule has 0 aliphatic rings. The van der Waals surface area contributed by atoms with Crippen molar-refractivity contribution in [1.82, 2.24) is 0 Å². The second kappa shape index (κ2) is 34.1. The molecule has 0 aromatic heterocycles. The maximum absolute atomic E-state index is 12.1. The minimum Gasteiger partial charge on any atom is -0.462 e. The molecular formula is C37H70O5. The zero-order valence-corrected chi connectivity index (χ0v) is 28.0. The highest BCUT2D eigenvalue weighted by molar-refractivity contribution is 5.70. The standard InChI is InChI=1S/C37H70O5/c1-3-5-7-9-11-13-15-17-18-20-21-23-25-27-29-31-36(39)41-34-35(33-38)42-37(40)32-30-28-26-24-22-19-16-14-12-10-8-6-4-2/h17-18,35,38H,3-16,19-34H2,1-2H3. The second-order valence-electron chi connectivity index (χ2n) is 12.3. The van der Waals surface area contributed by atoms with Gasteiger partial charge in [-0.1, -0.05) is 154 Å². The first-order valence-corrected chi connectivity index (χ1v) is 18.2. The van der Waals surface area contributed by atoms with Crippen LogP contribution in [0.2, 0.25) is 0 Å². The van der Waals surface area contributed by atoms with Gasteiger partial charge in [0.15, 0.2) is 6.10 Å². The molecule has 0 saturated heterocycles. The van der Waals surface area contributed by atoms with Crippen molar-refractivity contribution in [3.63, 3.8) is 0 Å². The van der Waals surface area contributed by atoms with Crippen molar-refractivity contribution in [2.24, 2.45) is 0 Å². The van der Waals surface area contributed by atoms with E-state index in [4.69, 9.17) is 9.47 Å². The molecule has 0 radical (unpaired) electrons. The third-order valence-electron chi connectivity index (χ3n) is 8.06. The van der Waals surface area contributed by atoms with Crippen LogP contribution in [0.1, 0.15) is 194 Å². The fraction of sp³-hybridized carbons (Fsp3) is 0.892. The van der Waals surface area contributed by atoms with Gasteiger partial charge in [0.1, 0.15) is 6.61 Å². The van der Waals surface area contributed by atoms with E-state index in [1.807, 2.05) is 0 Å². The van der Waals surface area contributed by atoms with Gasteiger partial charge in [0.2, 0.25) is 0 Å². The number of hydrogen-bond donors (Lipinski definition) is 1. The third kappa shape index (κ3) is 31.6. The average molecular weight is 595 g/mol. The molecule has 1 unspecified atom stereocenters. The van der Waals surface area contributed by atoms with Gasteiger partial charge in [0.05, 0.1) is 6.61 Å². The van der Waals surface area contributed by atoms with E-state index in [-0.39, 0.29) is 25.2 Å². The molecule has 5 heteroatoms. The smallest absolute Gasteiger partial charge is 0.306 e. The number of aliphatic hydroxyl groups excluding tert-OH is 1. The van der Waals surface area contributed by atoms with E-state index in [0.717, 1.165) is 44.9 Å². The largest absolute Gasteiger partial charge is 0.462 e. The molecule has 0 rings (SSSR count). The highest BCUT2D eigenvalue weighted by Gasteiger charge is 2.16. The number of aliphatic hydroxyl groups is 1. The summed E-state index contributed by atoms with van der Waals surface area (Å²) in [6.07, 6.45) is 36.9. The summed E-state index contributed by atoms with van der Waals surface area (Å²) in [5, 5.41) is 9.52. The molecule has 248 valence electrons. The molecule has 0 fully saturated rings. The van der Waals surface area contributed by atoms with Crippen LogP contribution in [0.15, 0.2) is 12.2 Å². The molecule has 0 spiro atoms. The first-order chi connectivity index (χ1) is 20.6. The Hall–Kier alpha value is -1.36. The first-order valence-electron chi connectivity index (χ1n) is 18.2. The molecule has 0 heterocycles. The molecule has 42 heavy (non-hydrogen) atoms. The summed E-state index contributed by atoms with van der Waals surface area (Å²) in [5.74, 6) is -0.593. The van der Waals surface area contributed by atoms with Gasteiger partial charge in [-0.05, 0) is 38.5 Å². The second-order valence-corrected chi connectivity index (χ2v) is 12.3. The highest BCUT2D eigenvalue weighted by atomic mass is 16.6. The van der Waals surface area contributed by atoms with Crippen molar-refractivity contribution in [3.05, 3.63) is 12.2 Å². The van der Waals surface area contributed by atoms with E-state index in [2.05, 4.69) is 26.0 Å². The Morgan fingerprint density at radius 1 is 0.524 bits per heavy atom. The van der Waals surface area contributed by atoms with Gasteiger partial charge in [-0.25, -0.2) is 0 Å². The molecule has 5 nitrogen and oxygen atoms in total. The zero-order valence-electron chi connectivity index (χ0n) is 28.0. The van der Waals surface area contributed by atoms with Crippen LogP contribution in [0.3, 0.4) is 0 Å². The lowest BCUT2D eigenvalue weighted by Crippen LogP contribution is -2.28. The van der Waals surface area contributed by atoms with Crippen LogP contribution < -0.4 is 0 Å². The fourth-order valence-corrected chi connectivity index (χ4v) is 5.25. The molecule has 1 N–H and O–H groups in total. The van der Waals surface area contributed by atoms with Gasteiger partial charge >= 0.3 is 11.9 Å². The van der Waals surface area contributed by atoms with E-state index in [0.29, 0.717) is 12.8 Å². The van der Waals surface area contributed by atoms with Crippen molar-refractivity contribution in [2.75, 3.05) is 13.2 Å². The number of unbranched alkanes of at least 4 members (excludes halogenated alkanes) is 23. The van der Waals surface area contributed by atoms with E-state index < -0.39 is 6.10 Å². The lowest BCUT2D eigenvalue weighted by molar-refractivity contribution is -0.161. The number of hydrogen-bond acceptors (Lipinski definition) is 5. The number of carbonyl (C=O) groups is 2. The Balaban J connectivity index is 3.55. The average Bonchev–Trinajstić information content (AvgIpc) is 2.99. The molecular weight excluding hydrogens is 524 g/mol. The van der Waals surface area contributed by atoms with Crippen LogP contribution in [0, 0.1) is 0 Å². The Kier molecular flexibility index (Phi) is 33.0. The topological polar surface area (TPSA) is 72.8 Å². The monoisotopic (exact) mass is 595 g/mol. The Bertz CT molecular complexity index is 603. The van der Waals surface area contributed by atoms with Crippen molar-refractivity contribution >= 4 is 11.9 Å². The zero-order chi connectivity index (χ0) is 30.8. The van der Waals surface area contributed by atoms with Gasteiger partial charge in [0.25, 0.3) is 0 Å². The van der Waals surface area contributed by atoms with Crippen molar-refractivity contribution in [3.8, 4) is 0 Å².